The Bertz CT molecular complexity index is 581. The van der Waals surface area contributed by atoms with Crippen LogP contribution in [-0.4, -0.2) is 36.4 Å². The third-order valence-corrected chi connectivity index (χ3v) is 3.17. The molecule has 0 aliphatic carbocycles. The summed E-state index contributed by atoms with van der Waals surface area (Å²) in [6.07, 6.45) is 2.02. The number of rotatable bonds is 7. The minimum Gasteiger partial charge on any atom is -0.383 e. The van der Waals surface area contributed by atoms with E-state index < -0.39 is 0 Å². The summed E-state index contributed by atoms with van der Waals surface area (Å²) in [5, 5.41) is 3.39. The Morgan fingerprint density at radius 2 is 2.00 bits per heavy atom. The Labute approximate surface area is 125 Å². The van der Waals surface area contributed by atoms with Gasteiger partial charge in [-0.2, -0.15) is 0 Å². The van der Waals surface area contributed by atoms with Crippen LogP contribution in [0, 0.1) is 6.92 Å². The standard InChI is InChI=1S/C16H23N3O2/c1-12-9-19(16(17-12)18-13(2)10-20-3)15-8-6-5-7-14(15)11-21-4/h5-9,13H,10-11H2,1-4H3,(H,17,18). The molecule has 0 fully saturated rings. The van der Waals surface area contributed by atoms with Crippen molar-refractivity contribution >= 4 is 5.95 Å². The quantitative estimate of drug-likeness (QED) is 0.851. The Kier molecular flexibility index (Phi) is 5.36. The highest BCUT2D eigenvalue weighted by atomic mass is 16.5. The zero-order chi connectivity index (χ0) is 15.2. The van der Waals surface area contributed by atoms with Crippen molar-refractivity contribution in [3.05, 3.63) is 41.7 Å². The molecule has 1 unspecified atom stereocenters. The minimum absolute atomic E-state index is 0.185. The molecule has 0 bridgehead atoms. The first-order valence-electron chi connectivity index (χ1n) is 7.04. The van der Waals surface area contributed by atoms with Crippen LogP contribution in [0.25, 0.3) is 5.69 Å². The van der Waals surface area contributed by atoms with E-state index in [1.165, 1.54) is 0 Å². The van der Waals surface area contributed by atoms with Gasteiger partial charge in [0.2, 0.25) is 5.95 Å². The number of nitrogens with one attached hydrogen (secondary N) is 1. The number of hydrogen-bond donors (Lipinski definition) is 1. The molecule has 2 rings (SSSR count). The van der Waals surface area contributed by atoms with Gasteiger partial charge in [-0.15, -0.1) is 0 Å². The van der Waals surface area contributed by atoms with Gasteiger partial charge in [0.1, 0.15) is 0 Å². The van der Waals surface area contributed by atoms with Crippen molar-refractivity contribution in [3.63, 3.8) is 0 Å². The number of aromatic nitrogens is 2. The molecule has 2 aromatic rings. The molecule has 1 aromatic heterocycles. The van der Waals surface area contributed by atoms with Crippen molar-refractivity contribution in [2.75, 3.05) is 26.1 Å². The van der Waals surface area contributed by atoms with E-state index in [0.717, 1.165) is 22.9 Å². The van der Waals surface area contributed by atoms with E-state index in [1.54, 1.807) is 14.2 Å². The lowest BCUT2D eigenvalue weighted by Gasteiger charge is -2.17. The summed E-state index contributed by atoms with van der Waals surface area (Å²) in [7, 11) is 3.40. The van der Waals surface area contributed by atoms with Crippen LogP contribution in [0.2, 0.25) is 0 Å². The largest absolute Gasteiger partial charge is 0.383 e. The summed E-state index contributed by atoms with van der Waals surface area (Å²) >= 11 is 0. The van der Waals surface area contributed by atoms with Crippen LogP contribution in [0.5, 0.6) is 0 Å². The number of imidazole rings is 1. The maximum absolute atomic E-state index is 5.28. The Morgan fingerprint density at radius 1 is 1.24 bits per heavy atom. The fourth-order valence-electron chi connectivity index (χ4n) is 2.32. The average molecular weight is 289 g/mol. The molecular weight excluding hydrogens is 266 g/mol. The molecule has 0 aliphatic rings. The second kappa shape index (κ2) is 7.24. The lowest BCUT2D eigenvalue weighted by Crippen LogP contribution is -2.23. The number of aryl methyl sites for hydroxylation is 1. The number of hydrogen-bond acceptors (Lipinski definition) is 4. The highest BCUT2D eigenvalue weighted by molar-refractivity contribution is 5.48. The molecule has 1 heterocycles. The lowest BCUT2D eigenvalue weighted by atomic mass is 10.2. The zero-order valence-corrected chi connectivity index (χ0v) is 13.1. The zero-order valence-electron chi connectivity index (χ0n) is 13.1. The molecular formula is C16H23N3O2. The highest BCUT2D eigenvalue weighted by Crippen LogP contribution is 2.21. The molecule has 0 saturated heterocycles. The maximum Gasteiger partial charge on any atom is 0.208 e. The first-order chi connectivity index (χ1) is 10.2. The summed E-state index contributed by atoms with van der Waals surface area (Å²) in [6.45, 7) is 5.26. The van der Waals surface area contributed by atoms with Crippen molar-refractivity contribution in [3.8, 4) is 5.69 Å². The van der Waals surface area contributed by atoms with Crippen molar-refractivity contribution in [1.29, 1.82) is 0 Å². The van der Waals surface area contributed by atoms with Crippen LogP contribution >= 0.6 is 0 Å². The van der Waals surface area contributed by atoms with Gasteiger partial charge in [0.25, 0.3) is 0 Å². The van der Waals surface area contributed by atoms with E-state index in [-0.39, 0.29) is 6.04 Å². The van der Waals surface area contributed by atoms with Gasteiger partial charge in [-0.1, -0.05) is 18.2 Å². The van der Waals surface area contributed by atoms with Crippen LogP contribution in [0.3, 0.4) is 0 Å². The smallest absolute Gasteiger partial charge is 0.208 e. The van der Waals surface area contributed by atoms with E-state index in [2.05, 4.69) is 33.9 Å². The summed E-state index contributed by atoms with van der Waals surface area (Å²) < 4.78 is 12.5. The molecule has 114 valence electrons. The van der Waals surface area contributed by atoms with Gasteiger partial charge in [-0.3, -0.25) is 4.57 Å². The van der Waals surface area contributed by atoms with Crippen LogP contribution in [-0.2, 0) is 16.1 Å². The predicted octanol–water partition coefficient (Wildman–Crippen LogP) is 2.77. The first-order valence-corrected chi connectivity index (χ1v) is 7.04. The molecule has 5 heteroatoms. The van der Waals surface area contributed by atoms with Crippen LogP contribution in [0.1, 0.15) is 18.2 Å². The van der Waals surface area contributed by atoms with Crippen molar-refractivity contribution in [1.82, 2.24) is 9.55 Å². The molecule has 21 heavy (non-hydrogen) atoms. The molecule has 0 aliphatic heterocycles. The van der Waals surface area contributed by atoms with Crippen LogP contribution in [0.4, 0.5) is 5.95 Å². The molecule has 1 atom stereocenters. The Balaban J connectivity index is 2.35. The topological polar surface area (TPSA) is 48.3 Å². The average Bonchev–Trinajstić information content (AvgIpc) is 2.80. The highest BCUT2D eigenvalue weighted by Gasteiger charge is 2.13. The molecule has 0 saturated carbocycles. The van der Waals surface area contributed by atoms with Gasteiger partial charge in [0.05, 0.1) is 24.6 Å². The number of benzene rings is 1. The second-order valence-corrected chi connectivity index (χ2v) is 5.14. The molecule has 0 radical (unpaired) electrons. The number of ether oxygens (including phenoxy) is 2. The van der Waals surface area contributed by atoms with Gasteiger partial charge >= 0.3 is 0 Å². The Hall–Kier alpha value is -1.85. The minimum atomic E-state index is 0.185. The van der Waals surface area contributed by atoms with E-state index >= 15 is 0 Å². The number of para-hydroxylation sites is 1. The molecule has 0 spiro atoms. The van der Waals surface area contributed by atoms with Crippen molar-refractivity contribution < 1.29 is 9.47 Å². The van der Waals surface area contributed by atoms with E-state index in [4.69, 9.17) is 9.47 Å². The van der Waals surface area contributed by atoms with E-state index in [0.29, 0.717) is 13.2 Å². The second-order valence-electron chi connectivity index (χ2n) is 5.14. The number of nitrogens with zero attached hydrogens (tertiary/aromatic N) is 2. The monoisotopic (exact) mass is 289 g/mol. The first kappa shape index (κ1) is 15.5. The van der Waals surface area contributed by atoms with Crippen LogP contribution < -0.4 is 5.32 Å². The van der Waals surface area contributed by atoms with Gasteiger partial charge in [0, 0.05) is 32.0 Å². The van der Waals surface area contributed by atoms with E-state index in [9.17, 15) is 0 Å². The lowest BCUT2D eigenvalue weighted by molar-refractivity contribution is 0.184. The SMILES string of the molecule is COCc1ccccc1-n1cc(C)nc1NC(C)COC. The maximum atomic E-state index is 5.28. The fourth-order valence-corrected chi connectivity index (χ4v) is 2.32. The summed E-state index contributed by atoms with van der Waals surface area (Å²) in [5.74, 6) is 0.820. The third-order valence-electron chi connectivity index (χ3n) is 3.17. The van der Waals surface area contributed by atoms with Gasteiger partial charge in [0.15, 0.2) is 0 Å². The van der Waals surface area contributed by atoms with Crippen molar-refractivity contribution in [2.45, 2.75) is 26.5 Å². The number of anilines is 1. The molecule has 1 aromatic carbocycles. The third kappa shape index (κ3) is 3.83. The van der Waals surface area contributed by atoms with Gasteiger partial charge < -0.3 is 14.8 Å². The van der Waals surface area contributed by atoms with Crippen LogP contribution in [0.15, 0.2) is 30.5 Å². The Morgan fingerprint density at radius 3 is 2.71 bits per heavy atom. The summed E-state index contributed by atoms with van der Waals surface area (Å²) in [4.78, 5) is 4.57. The van der Waals surface area contributed by atoms with Gasteiger partial charge in [-0.25, -0.2) is 4.98 Å². The van der Waals surface area contributed by atoms with Crippen molar-refractivity contribution in [2.24, 2.45) is 0 Å². The summed E-state index contributed by atoms with van der Waals surface area (Å²) in [5.41, 5.74) is 3.17. The molecule has 1 N–H and O–H groups in total. The molecule has 5 nitrogen and oxygen atoms in total. The number of methoxy groups -OCH3 is 2. The predicted molar refractivity (Wildman–Crippen MR) is 84.0 cm³/mol. The molecule has 0 amide bonds. The normalized spacial score (nSPS) is 12.4. The summed E-state index contributed by atoms with van der Waals surface area (Å²) in [6, 6.07) is 8.36. The fraction of sp³-hybridized carbons (Fsp3) is 0.438. The van der Waals surface area contributed by atoms with Gasteiger partial charge in [-0.05, 0) is 19.9 Å². The van der Waals surface area contributed by atoms with E-state index in [1.807, 2.05) is 25.3 Å².